The minimum atomic E-state index is -4.40. The van der Waals surface area contributed by atoms with E-state index in [-0.39, 0.29) is 6.09 Å². The number of hydrogen-bond donors (Lipinski definition) is 0. The molecule has 1 aliphatic heterocycles. The Kier molecular flexibility index (Phi) is 6.01. The zero-order valence-electron chi connectivity index (χ0n) is 18.3. The monoisotopic (exact) mass is 440 g/mol. The van der Waals surface area contributed by atoms with E-state index >= 15 is 0 Å². The molecule has 2 aromatic rings. The first-order valence-corrected chi connectivity index (χ1v) is 9.94. The summed E-state index contributed by atoms with van der Waals surface area (Å²) in [4.78, 5) is 16.4. The third-order valence-electron chi connectivity index (χ3n) is 4.93. The van der Waals surface area contributed by atoms with Crippen LogP contribution in [0.5, 0.6) is 0 Å². The Bertz CT molecular complexity index is 918. The summed E-state index contributed by atoms with van der Waals surface area (Å²) in [7, 11) is 0. The molecular weight excluding hydrogens is 413 g/mol. The Hall–Kier alpha value is -2.69. The van der Waals surface area contributed by atoms with Crippen LogP contribution in [0.3, 0.4) is 0 Å². The maximum absolute atomic E-state index is 12.8. The molecule has 2 heterocycles. The van der Waals surface area contributed by atoms with Gasteiger partial charge in [-0.1, -0.05) is 0 Å². The lowest BCUT2D eigenvalue weighted by atomic mass is 9.99. The van der Waals surface area contributed by atoms with E-state index < -0.39 is 22.9 Å². The van der Waals surface area contributed by atoms with Gasteiger partial charge in [-0.3, -0.25) is 4.90 Å². The van der Waals surface area contributed by atoms with Gasteiger partial charge >= 0.3 is 12.3 Å². The van der Waals surface area contributed by atoms with Gasteiger partial charge < -0.3 is 9.64 Å². The van der Waals surface area contributed by atoms with E-state index in [2.05, 4.69) is 20.4 Å². The van der Waals surface area contributed by atoms with Crippen molar-refractivity contribution in [2.75, 3.05) is 19.6 Å². The highest BCUT2D eigenvalue weighted by Gasteiger charge is 2.39. The number of carbonyl (C=O) groups is 1. The summed E-state index contributed by atoms with van der Waals surface area (Å²) in [6.45, 7) is 11.4. The Labute approximate surface area is 179 Å². The molecule has 0 spiro atoms. The van der Waals surface area contributed by atoms with Crippen molar-refractivity contribution in [1.82, 2.24) is 30.0 Å². The van der Waals surface area contributed by atoms with Gasteiger partial charge in [-0.2, -0.15) is 17.9 Å². The third-order valence-corrected chi connectivity index (χ3v) is 4.93. The largest absolute Gasteiger partial charge is 0.444 e. The van der Waals surface area contributed by atoms with Gasteiger partial charge in [0.2, 0.25) is 0 Å². The molecule has 0 atom stereocenters. The number of aromatic nitrogens is 4. The lowest BCUT2D eigenvalue weighted by Gasteiger charge is -2.46. The molecule has 0 radical (unpaired) electrons. The van der Waals surface area contributed by atoms with Gasteiger partial charge in [0, 0.05) is 19.6 Å². The summed E-state index contributed by atoms with van der Waals surface area (Å²) >= 11 is 0. The number of halogens is 3. The fourth-order valence-electron chi connectivity index (χ4n) is 3.54. The van der Waals surface area contributed by atoms with Gasteiger partial charge in [0.15, 0.2) is 5.82 Å². The number of hydrogen-bond acceptors (Lipinski definition) is 6. The van der Waals surface area contributed by atoms with Crippen LogP contribution in [0.2, 0.25) is 0 Å². The van der Waals surface area contributed by atoms with Crippen molar-refractivity contribution in [3.05, 3.63) is 35.7 Å². The van der Waals surface area contributed by atoms with Crippen LogP contribution in [-0.4, -0.2) is 66.9 Å². The molecule has 0 bridgehead atoms. The van der Waals surface area contributed by atoms with Crippen molar-refractivity contribution in [3.63, 3.8) is 0 Å². The first-order chi connectivity index (χ1) is 14.3. The fourth-order valence-corrected chi connectivity index (χ4v) is 3.54. The van der Waals surface area contributed by atoms with Crippen molar-refractivity contribution in [3.8, 4) is 5.69 Å². The highest BCUT2D eigenvalue weighted by molar-refractivity contribution is 5.69. The zero-order valence-corrected chi connectivity index (χ0v) is 18.3. The van der Waals surface area contributed by atoms with Gasteiger partial charge in [-0.25, -0.2) is 4.79 Å². The molecule has 1 saturated heterocycles. The molecule has 0 saturated carbocycles. The SMILES string of the molecule is CC(C)(C)OC(=O)N1CCN(Cc2nnnn2-c2ccc(C(F)(F)F)cc2)CC1(C)C. The van der Waals surface area contributed by atoms with Crippen LogP contribution in [0.15, 0.2) is 24.3 Å². The molecule has 1 aromatic heterocycles. The number of piperazine rings is 1. The van der Waals surface area contributed by atoms with Crippen molar-refractivity contribution in [1.29, 1.82) is 0 Å². The topological polar surface area (TPSA) is 76.4 Å². The number of tetrazole rings is 1. The maximum Gasteiger partial charge on any atom is 0.416 e. The van der Waals surface area contributed by atoms with Crippen LogP contribution in [0.1, 0.15) is 46.0 Å². The highest BCUT2D eigenvalue weighted by Crippen LogP contribution is 2.30. The average Bonchev–Trinajstić information content (AvgIpc) is 3.06. The Balaban J connectivity index is 1.70. The van der Waals surface area contributed by atoms with Crippen molar-refractivity contribution in [2.45, 2.75) is 58.5 Å². The van der Waals surface area contributed by atoms with Crippen LogP contribution in [0.25, 0.3) is 5.69 Å². The molecule has 0 unspecified atom stereocenters. The molecule has 8 nitrogen and oxygen atoms in total. The van der Waals surface area contributed by atoms with Crippen LogP contribution in [0.4, 0.5) is 18.0 Å². The summed E-state index contributed by atoms with van der Waals surface area (Å²) in [6.07, 6.45) is -4.76. The quantitative estimate of drug-likeness (QED) is 0.727. The van der Waals surface area contributed by atoms with Gasteiger partial charge in [0.25, 0.3) is 0 Å². The second kappa shape index (κ2) is 8.10. The van der Waals surface area contributed by atoms with Crippen LogP contribution in [-0.2, 0) is 17.5 Å². The lowest BCUT2D eigenvalue weighted by Crippen LogP contribution is -2.61. The van der Waals surface area contributed by atoms with E-state index in [1.54, 1.807) is 4.90 Å². The van der Waals surface area contributed by atoms with E-state index in [9.17, 15) is 18.0 Å². The Morgan fingerprint density at radius 2 is 1.77 bits per heavy atom. The molecule has 11 heteroatoms. The molecule has 1 aliphatic rings. The Morgan fingerprint density at radius 1 is 1.13 bits per heavy atom. The molecular formula is C20H27F3N6O2. The second-order valence-electron chi connectivity index (χ2n) is 9.21. The number of ether oxygens (including phenoxy) is 1. The number of rotatable bonds is 3. The predicted molar refractivity (Wildman–Crippen MR) is 106 cm³/mol. The summed E-state index contributed by atoms with van der Waals surface area (Å²) in [6, 6.07) is 4.69. The highest BCUT2D eigenvalue weighted by atomic mass is 19.4. The minimum Gasteiger partial charge on any atom is -0.444 e. The minimum absolute atomic E-state index is 0.355. The molecule has 1 aromatic carbocycles. The fraction of sp³-hybridized carbons (Fsp3) is 0.600. The number of nitrogens with zero attached hydrogens (tertiary/aromatic N) is 6. The second-order valence-corrected chi connectivity index (χ2v) is 9.21. The first kappa shape index (κ1) is 23.0. The smallest absolute Gasteiger partial charge is 0.416 e. The zero-order chi connectivity index (χ0) is 23.0. The maximum atomic E-state index is 12.8. The third kappa shape index (κ3) is 5.52. The van der Waals surface area contributed by atoms with E-state index in [1.165, 1.54) is 16.8 Å². The summed E-state index contributed by atoms with van der Waals surface area (Å²) < 4.78 is 45.4. The number of alkyl halides is 3. The van der Waals surface area contributed by atoms with Gasteiger partial charge in [-0.15, -0.1) is 5.10 Å². The van der Waals surface area contributed by atoms with Crippen LogP contribution < -0.4 is 0 Å². The average molecular weight is 440 g/mol. The molecule has 3 rings (SSSR count). The molecule has 1 fully saturated rings. The van der Waals surface area contributed by atoms with E-state index in [1.807, 2.05) is 34.6 Å². The predicted octanol–water partition coefficient (Wildman–Crippen LogP) is 3.51. The summed E-state index contributed by atoms with van der Waals surface area (Å²) in [5.41, 5.74) is -1.34. The number of carbonyl (C=O) groups excluding carboxylic acids is 1. The van der Waals surface area contributed by atoms with Crippen molar-refractivity contribution < 1.29 is 22.7 Å². The molecule has 0 N–H and O–H groups in total. The molecule has 1 amide bonds. The van der Waals surface area contributed by atoms with Crippen LogP contribution in [0, 0.1) is 0 Å². The van der Waals surface area contributed by atoms with E-state index in [0.29, 0.717) is 37.7 Å². The molecule has 31 heavy (non-hydrogen) atoms. The van der Waals surface area contributed by atoms with Crippen LogP contribution >= 0.6 is 0 Å². The lowest BCUT2D eigenvalue weighted by molar-refractivity contribution is -0.137. The summed E-state index contributed by atoms with van der Waals surface area (Å²) in [5.74, 6) is 0.501. The Morgan fingerprint density at radius 3 is 2.32 bits per heavy atom. The number of benzene rings is 1. The summed E-state index contributed by atoms with van der Waals surface area (Å²) in [5, 5.41) is 11.7. The number of amides is 1. The molecule has 0 aliphatic carbocycles. The van der Waals surface area contributed by atoms with Gasteiger partial charge in [0.1, 0.15) is 5.60 Å². The van der Waals surface area contributed by atoms with E-state index in [4.69, 9.17) is 4.74 Å². The van der Waals surface area contributed by atoms with E-state index in [0.717, 1.165) is 12.1 Å². The van der Waals surface area contributed by atoms with Crippen molar-refractivity contribution >= 4 is 6.09 Å². The van der Waals surface area contributed by atoms with Gasteiger partial charge in [0.05, 0.1) is 23.3 Å². The molecule has 170 valence electrons. The van der Waals surface area contributed by atoms with Gasteiger partial charge in [-0.05, 0) is 69.3 Å². The standard InChI is InChI=1S/C20H27F3N6O2/c1-18(2,3)31-17(30)28-11-10-27(13-19(28,4)5)12-16-24-25-26-29(16)15-8-6-14(7-9-15)20(21,22)23/h6-9H,10-13H2,1-5H3. The normalized spacial score (nSPS) is 17.6. The van der Waals surface area contributed by atoms with Crippen molar-refractivity contribution in [2.24, 2.45) is 0 Å². The first-order valence-electron chi connectivity index (χ1n) is 9.94.